The molecule has 1 aliphatic carbocycles. The number of methoxy groups -OCH3 is 1. The van der Waals surface area contributed by atoms with E-state index in [2.05, 4.69) is 10.6 Å². The largest absolute Gasteiger partial charge is 0.494 e. The molecule has 0 unspecified atom stereocenters. The van der Waals surface area contributed by atoms with E-state index in [1.807, 2.05) is 4.90 Å². The molecule has 0 aromatic heterocycles. The summed E-state index contributed by atoms with van der Waals surface area (Å²) in [6, 6.07) is 5.33. The fourth-order valence-corrected chi connectivity index (χ4v) is 4.57. The van der Waals surface area contributed by atoms with Crippen LogP contribution in [0.5, 0.6) is 5.75 Å². The molecule has 0 saturated carbocycles. The van der Waals surface area contributed by atoms with Gasteiger partial charge in [-0.25, -0.2) is 9.18 Å². The number of nitrogens with one attached hydrogen (secondary N) is 2. The summed E-state index contributed by atoms with van der Waals surface area (Å²) in [6.07, 6.45) is -7.12. The summed E-state index contributed by atoms with van der Waals surface area (Å²) in [5.41, 5.74) is 0.477. The van der Waals surface area contributed by atoms with Crippen LogP contribution in [-0.2, 0) is 6.42 Å². The third kappa shape index (κ3) is 4.62. The van der Waals surface area contributed by atoms with Crippen LogP contribution in [0.4, 0.5) is 33.7 Å². The van der Waals surface area contributed by atoms with Crippen LogP contribution < -0.4 is 20.3 Å². The van der Waals surface area contributed by atoms with Gasteiger partial charge in [-0.15, -0.1) is 0 Å². The molecule has 11 heteroatoms. The number of carbonyl (C=O) groups excluding carboxylic acids is 1. The number of ether oxygens (including phenoxy) is 1. The summed E-state index contributed by atoms with van der Waals surface area (Å²) in [5, 5.41) is 25.5. The van der Waals surface area contributed by atoms with Crippen molar-refractivity contribution >= 4 is 17.4 Å². The second-order valence-electron chi connectivity index (χ2n) is 8.42. The minimum absolute atomic E-state index is 0.0551. The van der Waals surface area contributed by atoms with Crippen LogP contribution in [0.15, 0.2) is 30.3 Å². The van der Waals surface area contributed by atoms with E-state index in [1.54, 1.807) is 6.07 Å². The highest BCUT2D eigenvalue weighted by atomic mass is 19.4. The van der Waals surface area contributed by atoms with Crippen molar-refractivity contribution in [2.75, 3.05) is 30.4 Å². The van der Waals surface area contributed by atoms with Gasteiger partial charge < -0.3 is 30.5 Å². The van der Waals surface area contributed by atoms with Crippen LogP contribution >= 0.6 is 0 Å². The first-order valence-corrected chi connectivity index (χ1v) is 10.8. The summed E-state index contributed by atoms with van der Waals surface area (Å²) in [4.78, 5) is 14.6. The van der Waals surface area contributed by atoms with Gasteiger partial charge >= 0.3 is 12.2 Å². The Morgan fingerprint density at radius 3 is 2.56 bits per heavy atom. The normalized spacial score (nSPS) is 20.7. The number of nitrogens with zero attached hydrogens (tertiary/aromatic N) is 1. The Kier molecular flexibility index (Phi) is 6.59. The highest BCUT2D eigenvalue weighted by Crippen LogP contribution is 2.43. The number of fused-ring (bicyclic) bond motifs is 1. The smallest absolute Gasteiger partial charge is 0.418 e. The molecule has 2 aromatic rings. The Morgan fingerprint density at radius 1 is 1.24 bits per heavy atom. The maximum Gasteiger partial charge on any atom is 0.418 e. The van der Waals surface area contributed by atoms with Gasteiger partial charge in [0, 0.05) is 24.3 Å². The summed E-state index contributed by atoms with van der Waals surface area (Å²) < 4.78 is 59.3. The van der Waals surface area contributed by atoms with Crippen LogP contribution in [-0.4, -0.2) is 48.7 Å². The first-order chi connectivity index (χ1) is 16.1. The zero-order chi connectivity index (χ0) is 24.6. The van der Waals surface area contributed by atoms with E-state index in [0.717, 1.165) is 20.0 Å². The molecule has 3 atom stereocenters. The average molecular weight is 483 g/mol. The van der Waals surface area contributed by atoms with Gasteiger partial charge in [0.1, 0.15) is 11.6 Å². The van der Waals surface area contributed by atoms with Crippen LogP contribution in [0.2, 0.25) is 0 Å². The van der Waals surface area contributed by atoms with E-state index < -0.39 is 41.8 Å². The van der Waals surface area contributed by atoms with Gasteiger partial charge in [0.05, 0.1) is 24.9 Å². The minimum atomic E-state index is -4.94. The summed E-state index contributed by atoms with van der Waals surface area (Å²) in [6.45, 7) is 1.25. The molecule has 0 spiro atoms. The number of urea groups is 1. The van der Waals surface area contributed by atoms with Crippen molar-refractivity contribution in [1.82, 2.24) is 5.32 Å². The number of aliphatic hydroxyl groups excluding tert-OH is 2. The second kappa shape index (κ2) is 9.30. The maximum absolute atomic E-state index is 14.1. The molecule has 2 aromatic carbocycles. The van der Waals surface area contributed by atoms with E-state index in [9.17, 15) is 32.6 Å². The number of aliphatic hydroxyl groups is 2. The minimum Gasteiger partial charge on any atom is -0.494 e. The lowest BCUT2D eigenvalue weighted by Gasteiger charge is -2.25. The zero-order valence-electron chi connectivity index (χ0n) is 18.3. The number of anilines is 2. The van der Waals surface area contributed by atoms with Crippen molar-refractivity contribution in [1.29, 1.82) is 0 Å². The lowest BCUT2D eigenvalue weighted by Crippen LogP contribution is -2.40. The lowest BCUT2D eigenvalue weighted by atomic mass is 10.0. The van der Waals surface area contributed by atoms with Gasteiger partial charge in [-0.3, -0.25) is 0 Å². The van der Waals surface area contributed by atoms with Crippen molar-refractivity contribution in [2.24, 2.45) is 0 Å². The molecule has 1 saturated heterocycles. The van der Waals surface area contributed by atoms with E-state index in [0.29, 0.717) is 29.9 Å². The predicted molar refractivity (Wildman–Crippen MR) is 116 cm³/mol. The summed E-state index contributed by atoms with van der Waals surface area (Å²) in [5.74, 6) is -0.823. The Labute approximate surface area is 193 Å². The number of hydrogen-bond acceptors (Lipinski definition) is 5. The molecule has 34 heavy (non-hydrogen) atoms. The molecule has 1 aliphatic heterocycles. The number of amides is 2. The molecule has 4 N–H and O–H groups in total. The SMILES string of the molecule is COc1c(NC(=O)N[C@@H]2Cc3c(F)cccc3[C@@H]2O)cc(N2CCCC2)cc1[C@@H](O)C(F)(F)F. The number of halogens is 4. The molecule has 0 bridgehead atoms. The van der Waals surface area contributed by atoms with E-state index in [-0.39, 0.29) is 17.9 Å². The van der Waals surface area contributed by atoms with Gasteiger partial charge in [0.2, 0.25) is 0 Å². The highest BCUT2D eigenvalue weighted by molar-refractivity contribution is 5.92. The van der Waals surface area contributed by atoms with E-state index in [1.165, 1.54) is 24.3 Å². The molecule has 0 radical (unpaired) electrons. The Morgan fingerprint density at radius 2 is 1.94 bits per heavy atom. The predicted octanol–water partition coefficient (Wildman–Crippen LogP) is 3.81. The number of alkyl halides is 3. The highest BCUT2D eigenvalue weighted by Gasteiger charge is 2.42. The van der Waals surface area contributed by atoms with Crippen molar-refractivity contribution in [3.63, 3.8) is 0 Å². The van der Waals surface area contributed by atoms with Gasteiger partial charge in [0.25, 0.3) is 0 Å². The van der Waals surface area contributed by atoms with Crippen LogP contribution in [0.1, 0.15) is 41.7 Å². The molecular formula is C23H25F4N3O4. The fraction of sp³-hybridized carbons (Fsp3) is 0.435. The molecule has 2 aliphatic rings. The quantitative estimate of drug-likeness (QED) is 0.486. The maximum atomic E-state index is 14.1. The van der Waals surface area contributed by atoms with Crippen molar-refractivity contribution in [3.8, 4) is 5.75 Å². The number of carbonyl (C=O) groups is 1. The zero-order valence-corrected chi connectivity index (χ0v) is 18.3. The van der Waals surface area contributed by atoms with Gasteiger partial charge in [-0.1, -0.05) is 12.1 Å². The monoisotopic (exact) mass is 483 g/mol. The van der Waals surface area contributed by atoms with Gasteiger partial charge in [-0.05, 0) is 48.6 Å². The molecule has 1 fully saturated rings. The fourth-order valence-electron chi connectivity index (χ4n) is 4.57. The van der Waals surface area contributed by atoms with Gasteiger partial charge in [-0.2, -0.15) is 13.2 Å². The van der Waals surface area contributed by atoms with Crippen LogP contribution in [0.3, 0.4) is 0 Å². The van der Waals surface area contributed by atoms with Gasteiger partial charge in [0.15, 0.2) is 6.10 Å². The molecule has 2 amide bonds. The first kappa shape index (κ1) is 24.1. The van der Waals surface area contributed by atoms with Crippen molar-refractivity contribution < 1.29 is 37.3 Å². The Hall–Kier alpha value is -3.05. The number of rotatable bonds is 5. The first-order valence-electron chi connectivity index (χ1n) is 10.8. The van der Waals surface area contributed by atoms with Crippen LogP contribution in [0.25, 0.3) is 0 Å². The molecule has 1 heterocycles. The van der Waals surface area contributed by atoms with E-state index in [4.69, 9.17) is 4.74 Å². The number of benzene rings is 2. The molecule has 7 nitrogen and oxygen atoms in total. The van der Waals surface area contributed by atoms with Crippen LogP contribution in [0, 0.1) is 5.82 Å². The standard InChI is InChI=1S/C23H25F4N3O4/c1-34-20-15(21(32)23(25,26)27)9-12(30-7-2-3-8-30)10-18(20)29-22(33)28-17-11-14-13(19(17)31)5-4-6-16(14)24/h4-6,9-10,17,19,21,31-32H,2-3,7-8,11H2,1H3,(H2,28,29,33)/t17-,19+,21-/m1/s1. The third-order valence-electron chi connectivity index (χ3n) is 6.23. The topological polar surface area (TPSA) is 94.1 Å². The van der Waals surface area contributed by atoms with E-state index >= 15 is 0 Å². The Bertz CT molecular complexity index is 1070. The Balaban J connectivity index is 1.61. The molecule has 184 valence electrons. The number of hydrogen-bond donors (Lipinski definition) is 4. The lowest BCUT2D eigenvalue weighted by molar-refractivity contribution is -0.207. The second-order valence-corrected chi connectivity index (χ2v) is 8.42. The van der Waals surface area contributed by atoms with Crippen molar-refractivity contribution in [2.45, 2.75) is 43.7 Å². The summed E-state index contributed by atoms with van der Waals surface area (Å²) >= 11 is 0. The van der Waals surface area contributed by atoms with Crippen molar-refractivity contribution in [3.05, 3.63) is 52.8 Å². The third-order valence-corrected chi connectivity index (χ3v) is 6.23. The summed E-state index contributed by atoms with van der Waals surface area (Å²) in [7, 11) is 1.14. The molecule has 4 rings (SSSR count). The average Bonchev–Trinajstić information content (AvgIpc) is 3.42. The molecular weight excluding hydrogens is 458 g/mol.